The number of hydrogen-bond acceptors (Lipinski definition) is 2. The summed E-state index contributed by atoms with van der Waals surface area (Å²) in [4.78, 5) is 6.43. The smallest absolute Gasteiger partial charge is 0.194 e. The number of unbranched alkanes of at least 4 members (excludes halogenated alkanes) is 15. The van der Waals surface area contributed by atoms with Crippen molar-refractivity contribution in [2.24, 2.45) is 4.99 Å². The first-order valence-corrected chi connectivity index (χ1v) is 11.2. The van der Waals surface area contributed by atoms with E-state index in [9.17, 15) is 0 Å². The number of halogens is 1. The minimum absolute atomic E-state index is 0.732. The van der Waals surface area contributed by atoms with Crippen LogP contribution in [0.2, 0.25) is 0 Å². The lowest BCUT2D eigenvalue weighted by Gasteiger charge is -2.15. The Bertz CT molecular complexity index is 304. The van der Waals surface area contributed by atoms with E-state index in [0.29, 0.717) is 0 Å². The molecule has 1 rings (SSSR count). The summed E-state index contributed by atoms with van der Waals surface area (Å²) in [7, 11) is 0. The zero-order valence-corrected chi connectivity index (χ0v) is 17.0. The summed E-state index contributed by atoms with van der Waals surface area (Å²) in [5.74, 6) is 0. The van der Waals surface area contributed by atoms with Crippen molar-refractivity contribution < 1.29 is 0 Å². The molecule has 0 amide bonds. The van der Waals surface area contributed by atoms with E-state index in [2.05, 4.69) is 16.8 Å². The molecule has 0 bridgehead atoms. The van der Waals surface area contributed by atoms with Gasteiger partial charge in [-0.15, -0.1) is 0 Å². The van der Waals surface area contributed by atoms with Gasteiger partial charge < -0.3 is 4.90 Å². The molecule has 142 valence electrons. The van der Waals surface area contributed by atoms with Crippen molar-refractivity contribution in [2.45, 2.75) is 110 Å². The molecule has 0 fully saturated rings. The van der Waals surface area contributed by atoms with Crippen molar-refractivity contribution in [1.29, 1.82) is 0 Å². The molecule has 0 saturated heterocycles. The second-order valence-corrected chi connectivity index (χ2v) is 7.78. The third-order valence-electron chi connectivity index (χ3n) is 5.15. The van der Waals surface area contributed by atoms with E-state index in [1.54, 1.807) is 0 Å². The standard InChI is InChI=1S/C21H41ClN2/c1-2-3-4-5-6-7-8-9-10-11-12-13-14-15-16-17-19-24-20-18-23-21(24)22/h2-20H2,1H3. The van der Waals surface area contributed by atoms with E-state index in [0.717, 1.165) is 24.9 Å². The molecule has 0 aromatic carbocycles. The first-order chi connectivity index (χ1) is 11.8. The second kappa shape index (κ2) is 16.2. The van der Waals surface area contributed by atoms with Crippen molar-refractivity contribution in [3.63, 3.8) is 0 Å². The van der Waals surface area contributed by atoms with Crippen LogP contribution in [0.15, 0.2) is 4.99 Å². The predicted molar refractivity (Wildman–Crippen MR) is 109 cm³/mol. The van der Waals surface area contributed by atoms with Crippen LogP contribution < -0.4 is 0 Å². The minimum atomic E-state index is 0.732. The Morgan fingerprint density at radius 3 is 1.50 bits per heavy atom. The van der Waals surface area contributed by atoms with Crippen LogP contribution in [-0.2, 0) is 0 Å². The maximum absolute atomic E-state index is 6.03. The van der Waals surface area contributed by atoms with Gasteiger partial charge in [0, 0.05) is 13.1 Å². The molecule has 0 unspecified atom stereocenters. The average Bonchev–Trinajstić information content (AvgIpc) is 2.99. The fraction of sp³-hybridized carbons (Fsp3) is 0.952. The molecular formula is C21H41ClN2. The lowest BCUT2D eigenvalue weighted by Crippen LogP contribution is -2.25. The molecule has 1 aliphatic heterocycles. The fourth-order valence-corrected chi connectivity index (χ4v) is 3.76. The molecule has 2 nitrogen and oxygen atoms in total. The van der Waals surface area contributed by atoms with Gasteiger partial charge in [-0.1, -0.05) is 103 Å². The summed E-state index contributed by atoms with van der Waals surface area (Å²) >= 11 is 6.03. The van der Waals surface area contributed by atoms with Crippen LogP contribution in [0, 0.1) is 0 Å². The summed E-state index contributed by atoms with van der Waals surface area (Å²) < 4.78 is 0. The Balaban J connectivity index is 1.68. The quantitative estimate of drug-likeness (QED) is 0.199. The van der Waals surface area contributed by atoms with E-state index >= 15 is 0 Å². The fourth-order valence-electron chi connectivity index (χ4n) is 3.51. The summed E-state index contributed by atoms with van der Waals surface area (Å²) in [6.07, 6.45) is 22.8. The molecule has 0 aliphatic carbocycles. The number of nitrogens with zero attached hydrogens (tertiary/aromatic N) is 2. The van der Waals surface area contributed by atoms with Crippen LogP contribution in [0.25, 0.3) is 0 Å². The predicted octanol–water partition coefficient (Wildman–Crippen LogP) is 7.16. The maximum atomic E-state index is 6.03. The topological polar surface area (TPSA) is 15.6 Å². The highest BCUT2D eigenvalue weighted by Gasteiger charge is 2.12. The van der Waals surface area contributed by atoms with Crippen molar-refractivity contribution in [1.82, 2.24) is 4.90 Å². The van der Waals surface area contributed by atoms with Crippen molar-refractivity contribution in [3.05, 3.63) is 0 Å². The van der Waals surface area contributed by atoms with Crippen LogP contribution in [0.5, 0.6) is 0 Å². The number of aliphatic imine (C=N–C) groups is 1. The number of amidine groups is 1. The van der Waals surface area contributed by atoms with Gasteiger partial charge in [0.1, 0.15) is 0 Å². The lowest BCUT2D eigenvalue weighted by atomic mass is 10.0. The monoisotopic (exact) mass is 356 g/mol. The molecule has 0 spiro atoms. The van der Waals surface area contributed by atoms with Crippen LogP contribution in [-0.4, -0.2) is 29.8 Å². The van der Waals surface area contributed by atoms with E-state index in [1.807, 2.05) is 0 Å². The molecule has 0 atom stereocenters. The SMILES string of the molecule is CCCCCCCCCCCCCCCCCCN1CCN=C1Cl. The largest absolute Gasteiger partial charge is 0.345 e. The van der Waals surface area contributed by atoms with Gasteiger partial charge in [0.15, 0.2) is 5.29 Å². The van der Waals surface area contributed by atoms with Gasteiger partial charge >= 0.3 is 0 Å². The summed E-state index contributed by atoms with van der Waals surface area (Å²) in [6.45, 7) is 5.30. The molecule has 0 N–H and O–H groups in total. The van der Waals surface area contributed by atoms with Gasteiger partial charge in [0.05, 0.1) is 6.54 Å². The van der Waals surface area contributed by atoms with Crippen LogP contribution in [0.1, 0.15) is 110 Å². The van der Waals surface area contributed by atoms with E-state index in [4.69, 9.17) is 11.6 Å². The van der Waals surface area contributed by atoms with Crippen molar-refractivity contribution in [2.75, 3.05) is 19.6 Å². The van der Waals surface area contributed by atoms with Gasteiger partial charge in [-0.3, -0.25) is 4.99 Å². The summed E-state index contributed by atoms with van der Waals surface area (Å²) in [5, 5.41) is 0.732. The molecule has 0 aromatic heterocycles. The lowest BCUT2D eigenvalue weighted by molar-refractivity contribution is 0.434. The summed E-state index contributed by atoms with van der Waals surface area (Å²) in [5.41, 5.74) is 0. The van der Waals surface area contributed by atoms with Gasteiger partial charge in [-0.25, -0.2) is 0 Å². The third-order valence-corrected chi connectivity index (χ3v) is 5.51. The highest BCUT2D eigenvalue weighted by molar-refractivity contribution is 6.64. The van der Waals surface area contributed by atoms with Gasteiger partial charge in [0.25, 0.3) is 0 Å². The second-order valence-electron chi connectivity index (χ2n) is 7.44. The molecule has 3 heteroatoms. The Hall–Kier alpha value is -0.240. The van der Waals surface area contributed by atoms with Crippen molar-refractivity contribution in [3.8, 4) is 0 Å². The minimum Gasteiger partial charge on any atom is -0.345 e. The van der Waals surface area contributed by atoms with Gasteiger partial charge in [-0.05, 0) is 18.0 Å². The van der Waals surface area contributed by atoms with E-state index in [1.165, 1.54) is 103 Å². The van der Waals surface area contributed by atoms with E-state index < -0.39 is 0 Å². The zero-order valence-electron chi connectivity index (χ0n) is 16.2. The molecular weight excluding hydrogens is 316 g/mol. The molecule has 0 saturated carbocycles. The maximum Gasteiger partial charge on any atom is 0.194 e. The molecule has 1 aliphatic rings. The highest BCUT2D eigenvalue weighted by Crippen LogP contribution is 2.14. The molecule has 0 radical (unpaired) electrons. The average molecular weight is 357 g/mol. The zero-order chi connectivity index (χ0) is 17.3. The van der Waals surface area contributed by atoms with Crippen LogP contribution in [0.3, 0.4) is 0 Å². The first-order valence-electron chi connectivity index (χ1n) is 10.8. The number of rotatable bonds is 17. The van der Waals surface area contributed by atoms with E-state index in [-0.39, 0.29) is 0 Å². The molecule has 24 heavy (non-hydrogen) atoms. The Morgan fingerprint density at radius 2 is 1.12 bits per heavy atom. The Kier molecular flexibility index (Phi) is 14.8. The van der Waals surface area contributed by atoms with Gasteiger partial charge in [0.2, 0.25) is 0 Å². The molecule has 1 heterocycles. The Morgan fingerprint density at radius 1 is 0.708 bits per heavy atom. The first kappa shape index (κ1) is 21.8. The highest BCUT2D eigenvalue weighted by atomic mass is 35.5. The van der Waals surface area contributed by atoms with Crippen LogP contribution in [0.4, 0.5) is 0 Å². The summed E-state index contributed by atoms with van der Waals surface area (Å²) in [6, 6.07) is 0. The van der Waals surface area contributed by atoms with Crippen LogP contribution >= 0.6 is 11.6 Å². The normalized spacial score (nSPS) is 14.4. The molecule has 0 aromatic rings. The van der Waals surface area contributed by atoms with Gasteiger partial charge in [-0.2, -0.15) is 0 Å². The van der Waals surface area contributed by atoms with Crippen molar-refractivity contribution >= 4 is 16.9 Å². The number of hydrogen-bond donors (Lipinski definition) is 0. The Labute approximate surface area is 156 Å². The third kappa shape index (κ3) is 12.2.